The normalized spacial score (nSPS) is 11.8. The Morgan fingerprint density at radius 2 is 2.00 bits per heavy atom. The highest BCUT2D eigenvalue weighted by atomic mass is 79.9. The van der Waals surface area contributed by atoms with E-state index in [1.165, 1.54) is 0 Å². The van der Waals surface area contributed by atoms with Crippen molar-refractivity contribution in [2.45, 2.75) is 19.9 Å². The van der Waals surface area contributed by atoms with Crippen molar-refractivity contribution >= 4 is 27.6 Å². The van der Waals surface area contributed by atoms with Gasteiger partial charge in [-0.1, -0.05) is 46.3 Å². The first-order chi connectivity index (χ1) is 10.1. The van der Waals surface area contributed by atoms with Gasteiger partial charge >= 0.3 is 5.97 Å². The molecule has 0 saturated heterocycles. The van der Waals surface area contributed by atoms with Gasteiger partial charge in [0.15, 0.2) is 6.04 Å². The van der Waals surface area contributed by atoms with Crippen molar-refractivity contribution in [1.82, 2.24) is 0 Å². The van der Waals surface area contributed by atoms with Crippen LogP contribution in [0, 0.1) is 6.92 Å². The Morgan fingerprint density at radius 3 is 2.67 bits per heavy atom. The minimum absolute atomic E-state index is 0.272. The summed E-state index contributed by atoms with van der Waals surface area (Å²) >= 11 is 3.43. The summed E-state index contributed by atoms with van der Waals surface area (Å²) in [5, 5.41) is 3.26. The van der Waals surface area contributed by atoms with E-state index >= 15 is 0 Å². The number of anilines is 1. The van der Waals surface area contributed by atoms with Crippen LogP contribution in [0.15, 0.2) is 53.0 Å². The second kappa shape index (κ2) is 7.27. The molecule has 1 unspecified atom stereocenters. The molecule has 1 N–H and O–H groups in total. The predicted octanol–water partition coefficient (Wildman–Crippen LogP) is 4.47. The van der Waals surface area contributed by atoms with Crippen LogP contribution in [0.3, 0.4) is 0 Å². The third-order valence-corrected chi connectivity index (χ3v) is 3.65. The third-order valence-electron chi connectivity index (χ3n) is 3.16. The van der Waals surface area contributed by atoms with Gasteiger partial charge < -0.3 is 10.1 Å². The van der Waals surface area contributed by atoms with Crippen molar-refractivity contribution in [2.24, 2.45) is 0 Å². The number of nitrogens with one attached hydrogen (secondary N) is 1. The van der Waals surface area contributed by atoms with E-state index in [0.717, 1.165) is 21.3 Å². The second-order valence-electron chi connectivity index (χ2n) is 4.70. The topological polar surface area (TPSA) is 38.3 Å². The fourth-order valence-electron chi connectivity index (χ4n) is 2.14. The number of benzene rings is 2. The molecule has 2 rings (SSSR count). The minimum Gasteiger partial charge on any atom is -0.464 e. The zero-order valence-corrected chi connectivity index (χ0v) is 13.7. The van der Waals surface area contributed by atoms with Crippen LogP contribution in [0.25, 0.3) is 0 Å². The average Bonchev–Trinajstić information content (AvgIpc) is 2.46. The van der Waals surface area contributed by atoms with Gasteiger partial charge in [-0.2, -0.15) is 0 Å². The summed E-state index contributed by atoms with van der Waals surface area (Å²) in [6.07, 6.45) is 0. The summed E-state index contributed by atoms with van der Waals surface area (Å²) in [5.74, 6) is -0.272. The van der Waals surface area contributed by atoms with Gasteiger partial charge in [0.05, 0.1) is 6.61 Å². The van der Waals surface area contributed by atoms with E-state index in [-0.39, 0.29) is 5.97 Å². The minimum atomic E-state index is -0.513. The van der Waals surface area contributed by atoms with Gasteiger partial charge in [-0.15, -0.1) is 0 Å². The first kappa shape index (κ1) is 15.6. The molecule has 0 bridgehead atoms. The molecule has 21 heavy (non-hydrogen) atoms. The molecule has 0 aliphatic rings. The Balaban J connectivity index is 2.33. The number of hydrogen-bond acceptors (Lipinski definition) is 3. The fourth-order valence-corrected chi connectivity index (χ4v) is 2.54. The summed E-state index contributed by atoms with van der Waals surface area (Å²) < 4.78 is 6.16. The van der Waals surface area contributed by atoms with Crippen molar-refractivity contribution in [3.63, 3.8) is 0 Å². The van der Waals surface area contributed by atoms with Gasteiger partial charge in [-0.3, -0.25) is 0 Å². The maximum Gasteiger partial charge on any atom is 0.333 e. The molecular formula is C17H18BrNO2. The molecule has 0 heterocycles. The van der Waals surface area contributed by atoms with E-state index < -0.39 is 6.04 Å². The molecule has 0 fully saturated rings. The largest absolute Gasteiger partial charge is 0.464 e. The van der Waals surface area contributed by atoms with Gasteiger partial charge in [0.1, 0.15) is 0 Å². The maximum atomic E-state index is 12.3. The Bertz CT molecular complexity index is 628. The maximum absolute atomic E-state index is 12.3. The number of aryl methyl sites for hydroxylation is 1. The van der Waals surface area contributed by atoms with Crippen LogP contribution < -0.4 is 5.32 Å². The Labute approximate surface area is 133 Å². The molecule has 0 aromatic heterocycles. The molecule has 1 atom stereocenters. The lowest BCUT2D eigenvalue weighted by Crippen LogP contribution is -2.24. The van der Waals surface area contributed by atoms with Crippen LogP contribution in [0.4, 0.5) is 5.69 Å². The van der Waals surface area contributed by atoms with Gasteiger partial charge in [0.25, 0.3) is 0 Å². The lowest BCUT2D eigenvalue weighted by molar-refractivity contribution is -0.144. The van der Waals surface area contributed by atoms with Gasteiger partial charge in [0, 0.05) is 10.2 Å². The van der Waals surface area contributed by atoms with Crippen molar-refractivity contribution in [3.05, 3.63) is 64.1 Å². The molecule has 0 amide bonds. The number of carbonyl (C=O) groups is 1. The SMILES string of the molecule is CCOC(=O)C(Nc1cccc(Br)c1)c1ccccc1C. The quantitative estimate of drug-likeness (QED) is 0.810. The standard InChI is InChI=1S/C17H18BrNO2/c1-3-21-17(20)16(15-10-5-4-7-12(15)2)19-14-9-6-8-13(18)11-14/h4-11,16,19H,3H2,1-2H3. The predicted molar refractivity (Wildman–Crippen MR) is 88.3 cm³/mol. The fraction of sp³-hybridized carbons (Fsp3) is 0.235. The molecule has 2 aromatic rings. The Hall–Kier alpha value is -1.81. The van der Waals surface area contributed by atoms with Gasteiger partial charge in [-0.25, -0.2) is 4.79 Å². The molecular weight excluding hydrogens is 330 g/mol. The third kappa shape index (κ3) is 4.08. The molecule has 2 aromatic carbocycles. The molecule has 0 spiro atoms. The van der Waals surface area contributed by atoms with Crippen molar-refractivity contribution in [2.75, 3.05) is 11.9 Å². The molecule has 4 heteroatoms. The van der Waals surface area contributed by atoms with Crippen LogP contribution in [-0.4, -0.2) is 12.6 Å². The molecule has 0 saturated carbocycles. The molecule has 3 nitrogen and oxygen atoms in total. The van der Waals surface area contributed by atoms with E-state index in [2.05, 4.69) is 21.2 Å². The molecule has 0 radical (unpaired) electrons. The summed E-state index contributed by atoms with van der Waals surface area (Å²) in [6.45, 7) is 4.16. The molecule has 110 valence electrons. The average molecular weight is 348 g/mol. The summed E-state index contributed by atoms with van der Waals surface area (Å²) in [7, 11) is 0. The van der Waals surface area contributed by atoms with Crippen LogP contribution in [0.5, 0.6) is 0 Å². The van der Waals surface area contributed by atoms with Crippen molar-refractivity contribution < 1.29 is 9.53 Å². The second-order valence-corrected chi connectivity index (χ2v) is 5.61. The first-order valence-corrected chi connectivity index (χ1v) is 7.65. The number of carbonyl (C=O) groups excluding carboxylic acids is 1. The number of rotatable bonds is 5. The highest BCUT2D eigenvalue weighted by Gasteiger charge is 2.23. The molecule has 0 aliphatic carbocycles. The number of ether oxygens (including phenoxy) is 1. The van der Waals surface area contributed by atoms with Crippen molar-refractivity contribution in [1.29, 1.82) is 0 Å². The number of hydrogen-bond donors (Lipinski definition) is 1. The van der Waals surface area contributed by atoms with Crippen molar-refractivity contribution in [3.8, 4) is 0 Å². The zero-order chi connectivity index (χ0) is 15.2. The van der Waals surface area contributed by atoms with E-state index in [1.54, 1.807) is 0 Å². The number of halogens is 1. The summed E-state index contributed by atoms with van der Waals surface area (Å²) in [4.78, 5) is 12.3. The highest BCUT2D eigenvalue weighted by molar-refractivity contribution is 9.10. The van der Waals surface area contributed by atoms with E-state index in [1.807, 2.05) is 62.4 Å². The number of esters is 1. The lowest BCUT2D eigenvalue weighted by Gasteiger charge is -2.20. The summed E-state index contributed by atoms with van der Waals surface area (Å²) in [6, 6.07) is 15.0. The zero-order valence-electron chi connectivity index (χ0n) is 12.1. The summed E-state index contributed by atoms with van der Waals surface area (Å²) in [5.41, 5.74) is 2.85. The van der Waals surface area contributed by atoms with Gasteiger partial charge in [0.2, 0.25) is 0 Å². The van der Waals surface area contributed by atoms with Gasteiger partial charge in [-0.05, 0) is 43.2 Å². The smallest absolute Gasteiger partial charge is 0.333 e. The van der Waals surface area contributed by atoms with Crippen LogP contribution in [0.2, 0.25) is 0 Å². The highest BCUT2D eigenvalue weighted by Crippen LogP contribution is 2.25. The monoisotopic (exact) mass is 347 g/mol. The van der Waals surface area contributed by atoms with E-state index in [0.29, 0.717) is 6.61 Å². The first-order valence-electron chi connectivity index (χ1n) is 6.86. The van der Waals surface area contributed by atoms with Crippen LogP contribution in [0.1, 0.15) is 24.1 Å². The Morgan fingerprint density at radius 1 is 1.24 bits per heavy atom. The lowest BCUT2D eigenvalue weighted by atomic mass is 10.0. The molecule has 0 aliphatic heterocycles. The van der Waals surface area contributed by atoms with Crippen LogP contribution >= 0.6 is 15.9 Å². The van der Waals surface area contributed by atoms with Crippen LogP contribution in [-0.2, 0) is 9.53 Å². The van der Waals surface area contributed by atoms with E-state index in [9.17, 15) is 4.79 Å². The Kier molecular flexibility index (Phi) is 5.39. The van der Waals surface area contributed by atoms with E-state index in [4.69, 9.17) is 4.74 Å².